The molecular formula is C10H17NO. The number of amides is 1. The number of piperidine rings is 1. The SMILES string of the molecule is CC(C)(C)CN1CC2CC2C1=O. The average Bonchev–Trinajstić information content (AvgIpc) is 2.56. The van der Waals surface area contributed by atoms with Gasteiger partial charge in [-0.2, -0.15) is 0 Å². The Labute approximate surface area is 73.9 Å². The topological polar surface area (TPSA) is 20.3 Å². The van der Waals surface area contributed by atoms with Gasteiger partial charge in [0.05, 0.1) is 0 Å². The first-order valence-corrected chi connectivity index (χ1v) is 4.76. The summed E-state index contributed by atoms with van der Waals surface area (Å²) in [5.41, 5.74) is 0.256. The summed E-state index contributed by atoms with van der Waals surface area (Å²) < 4.78 is 0. The summed E-state index contributed by atoms with van der Waals surface area (Å²) in [6, 6.07) is 0. The lowest BCUT2D eigenvalue weighted by Crippen LogP contribution is -2.35. The van der Waals surface area contributed by atoms with Crippen LogP contribution >= 0.6 is 0 Å². The molecule has 1 aliphatic carbocycles. The molecule has 0 aromatic rings. The molecule has 1 amide bonds. The Hall–Kier alpha value is -0.530. The molecule has 1 saturated carbocycles. The number of carbonyl (C=O) groups is 1. The number of carbonyl (C=O) groups excluding carboxylic acids is 1. The maximum absolute atomic E-state index is 11.6. The summed E-state index contributed by atoms with van der Waals surface area (Å²) in [7, 11) is 0. The van der Waals surface area contributed by atoms with E-state index in [2.05, 4.69) is 20.8 Å². The van der Waals surface area contributed by atoms with Crippen molar-refractivity contribution in [1.82, 2.24) is 4.90 Å². The normalized spacial score (nSPS) is 33.9. The van der Waals surface area contributed by atoms with Gasteiger partial charge in [-0.05, 0) is 17.8 Å². The maximum Gasteiger partial charge on any atom is 0.226 e. The Bertz CT molecular complexity index is 216. The molecule has 2 heteroatoms. The van der Waals surface area contributed by atoms with Crippen molar-refractivity contribution in [1.29, 1.82) is 0 Å². The number of nitrogens with zero attached hydrogens (tertiary/aromatic N) is 1. The molecule has 0 radical (unpaired) electrons. The van der Waals surface area contributed by atoms with E-state index in [0.717, 1.165) is 19.0 Å². The molecule has 0 N–H and O–H groups in total. The molecule has 12 heavy (non-hydrogen) atoms. The van der Waals surface area contributed by atoms with Crippen LogP contribution in [0.4, 0.5) is 0 Å². The quantitative estimate of drug-likeness (QED) is 0.579. The molecular weight excluding hydrogens is 150 g/mol. The van der Waals surface area contributed by atoms with E-state index in [1.165, 1.54) is 6.42 Å². The fourth-order valence-electron chi connectivity index (χ4n) is 2.07. The lowest BCUT2D eigenvalue weighted by molar-refractivity contribution is -0.131. The second-order valence-electron chi connectivity index (χ2n) is 5.38. The zero-order valence-electron chi connectivity index (χ0n) is 8.13. The molecule has 2 nitrogen and oxygen atoms in total. The van der Waals surface area contributed by atoms with Crippen LogP contribution in [-0.4, -0.2) is 23.9 Å². The van der Waals surface area contributed by atoms with Crippen LogP contribution in [0.25, 0.3) is 0 Å². The number of likely N-dealkylation sites (tertiary alicyclic amines) is 1. The van der Waals surface area contributed by atoms with Gasteiger partial charge in [-0.15, -0.1) is 0 Å². The van der Waals surface area contributed by atoms with E-state index in [9.17, 15) is 4.79 Å². The summed E-state index contributed by atoms with van der Waals surface area (Å²) in [5.74, 6) is 1.56. The third kappa shape index (κ3) is 1.35. The highest BCUT2D eigenvalue weighted by atomic mass is 16.2. The third-order valence-electron chi connectivity index (χ3n) is 2.67. The zero-order valence-corrected chi connectivity index (χ0v) is 8.13. The first-order valence-electron chi connectivity index (χ1n) is 4.76. The highest BCUT2D eigenvalue weighted by Gasteiger charge is 2.52. The van der Waals surface area contributed by atoms with Gasteiger partial charge in [0.2, 0.25) is 5.91 Å². The summed E-state index contributed by atoms with van der Waals surface area (Å²) in [6.45, 7) is 8.51. The highest BCUT2D eigenvalue weighted by Crippen LogP contribution is 2.46. The molecule has 2 atom stereocenters. The molecule has 2 unspecified atom stereocenters. The second-order valence-corrected chi connectivity index (χ2v) is 5.38. The van der Waals surface area contributed by atoms with Gasteiger partial charge in [-0.25, -0.2) is 0 Å². The fourth-order valence-corrected chi connectivity index (χ4v) is 2.07. The Morgan fingerprint density at radius 3 is 2.58 bits per heavy atom. The predicted molar refractivity (Wildman–Crippen MR) is 47.6 cm³/mol. The molecule has 0 bridgehead atoms. The Morgan fingerprint density at radius 2 is 2.17 bits per heavy atom. The Morgan fingerprint density at radius 1 is 1.50 bits per heavy atom. The minimum atomic E-state index is 0.256. The number of rotatable bonds is 1. The first kappa shape index (κ1) is 8.09. The van der Waals surface area contributed by atoms with Crippen LogP contribution in [0.1, 0.15) is 27.2 Å². The summed E-state index contributed by atoms with van der Waals surface area (Å²) in [6.07, 6.45) is 1.17. The molecule has 2 rings (SSSR count). The van der Waals surface area contributed by atoms with E-state index in [-0.39, 0.29) is 5.41 Å². The van der Waals surface area contributed by atoms with Crippen molar-refractivity contribution in [3.05, 3.63) is 0 Å². The Kier molecular flexibility index (Phi) is 1.51. The molecule has 2 fully saturated rings. The third-order valence-corrected chi connectivity index (χ3v) is 2.67. The predicted octanol–water partition coefficient (Wildman–Crippen LogP) is 1.51. The van der Waals surface area contributed by atoms with Crippen molar-refractivity contribution in [2.24, 2.45) is 17.3 Å². The lowest BCUT2D eigenvalue weighted by atomic mass is 9.96. The van der Waals surface area contributed by atoms with E-state index < -0.39 is 0 Å². The van der Waals surface area contributed by atoms with Gasteiger partial charge in [0.15, 0.2) is 0 Å². The van der Waals surface area contributed by atoms with E-state index >= 15 is 0 Å². The summed E-state index contributed by atoms with van der Waals surface area (Å²) in [5, 5.41) is 0. The van der Waals surface area contributed by atoms with Crippen molar-refractivity contribution in [2.75, 3.05) is 13.1 Å². The van der Waals surface area contributed by atoms with Gasteiger partial charge >= 0.3 is 0 Å². The van der Waals surface area contributed by atoms with Gasteiger partial charge in [0.25, 0.3) is 0 Å². The van der Waals surface area contributed by atoms with Gasteiger partial charge in [-0.3, -0.25) is 4.79 Å². The molecule has 1 saturated heterocycles. The Balaban J connectivity index is 1.94. The van der Waals surface area contributed by atoms with Gasteiger partial charge in [0.1, 0.15) is 0 Å². The van der Waals surface area contributed by atoms with E-state index in [1.807, 2.05) is 4.90 Å². The highest BCUT2D eigenvalue weighted by molar-refractivity contribution is 5.84. The van der Waals surface area contributed by atoms with Gasteiger partial charge in [0, 0.05) is 19.0 Å². The number of hydrogen-bond donors (Lipinski definition) is 0. The van der Waals surface area contributed by atoms with Crippen LogP contribution in [0.15, 0.2) is 0 Å². The van der Waals surface area contributed by atoms with Crippen LogP contribution in [0.5, 0.6) is 0 Å². The van der Waals surface area contributed by atoms with Crippen molar-refractivity contribution in [3.63, 3.8) is 0 Å². The van der Waals surface area contributed by atoms with Crippen LogP contribution in [0.3, 0.4) is 0 Å². The molecule has 0 aromatic carbocycles. The van der Waals surface area contributed by atoms with Gasteiger partial charge < -0.3 is 4.90 Å². The largest absolute Gasteiger partial charge is 0.342 e. The standard InChI is InChI=1S/C10H17NO/c1-10(2,3)6-11-5-7-4-8(7)9(11)12/h7-8H,4-6H2,1-3H3. The van der Waals surface area contributed by atoms with E-state index in [4.69, 9.17) is 0 Å². The summed E-state index contributed by atoms with van der Waals surface area (Å²) in [4.78, 5) is 13.6. The lowest BCUT2D eigenvalue weighted by Gasteiger charge is -2.27. The molecule has 68 valence electrons. The molecule has 1 heterocycles. The number of fused-ring (bicyclic) bond motifs is 1. The van der Waals surface area contributed by atoms with Crippen LogP contribution < -0.4 is 0 Å². The zero-order chi connectivity index (χ0) is 8.93. The van der Waals surface area contributed by atoms with E-state index in [0.29, 0.717) is 11.8 Å². The van der Waals surface area contributed by atoms with Gasteiger partial charge in [-0.1, -0.05) is 20.8 Å². The van der Waals surface area contributed by atoms with Crippen molar-refractivity contribution >= 4 is 5.91 Å². The van der Waals surface area contributed by atoms with Crippen molar-refractivity contribution < 1.29 is 4.79 Å². The number of hydrogen-bond acceptors (Lipinski definition) is 1. The molecule has 0 aromatic heterocycles. The first-order chi connectivity index (χ1) is 5.47. The van der Waals surface area contributed by atoms with Crippen molar-refractivity contribution in [2.45, 2.75) is 27.2 Å². The minimum Gasteiger partial charge on any atom is -0.342 e. The second kappa shape index (κ2) is 2.24. The minimum absolute atomic E-state index is 0.256. The van der Waals surface area contributed by atoms with Crippen LogP contribution in [0, 0.1) is 17.3 Å². The maximum atomic E-state index is 11.6. The average molecular weight is 167 g/mol. The fraction of sp³-hybridized carbons (Fsp3) is 0.900. The van der Waals surface area contributed by atoms with E-state index in [1.54, 1.807) is 0 Å². The molecule has 0 spiro atoms. The monoisotopic (exact) mass is 167 g/mol. The van der Waals surface area contributed by atoms with Crippen molar-refractivity contribution in [3.8, 4) is 0 Å². The smallest absolute Gasteiger partial charge is 0.226 e. The van der Waals surface area contributed by atoms with Crippen LogP contribution in [0.2, 0.25) is 0 Å². The molecule has 2 aliphatic rings. The van der Waals surface area contributed by atoms with Crippen LogP contribution in [-0.2, 0) is 4.79 Å². The molecule has 1 aliphatic heterocycles. The summed E-state index contributed by atoms with van der Waals surface area (Å²) >= 11 is 0.